The molecule has 0 spiro atoms. The summed E-state index contributed by atoms with van der Waals surface area (Å²) in [6, 6.07) is 5.56. The highest BCUT2D eigenvalue weighted by Crippen LogP contribution is 2.27. The van der Waals surface area contributed by atoms with Gasteiger partial charge in [-0.2, -0.15) is 0 Å². The van der Waals surface area contributed by atoms with E-state index >= 15 is 0 Å². The van der Waals surface area contributed by atoms with Gasteiger partial charge in [-0.3, -0.25) is 0 Å². The fraction of sp³-hybridized carbons (Fsp3) is 0.462. The van der Waals surface area contributed by atoms with Crippen LogP contribution in [0.1, 0.15) is 25.0 Å². The van der Waals surface area contributed by atoms with Crippen molar-refractivity contribution in [2.45, 2.75) is 26.0 Å². The number of aliphatic imine (C=N–C) groups is 1. The molecule has 0 saturated heterocycles. The zero-order valence-corrected chi connectivity index (χ0v) is 10.4. The lowest BCUT2D eigenvalue weighted by Crippen LogP contribution is -2.17. The van der Waals surface area contributed by atoms with Crippen LogP contribution in [-0.2, 0) is 11.3 Å². The molecule has 4 heteroatoms. The summed E-state index contributed by atoms with van der Waals surface area (Å²) in [6.45, 7) is 4.49. The van der Waals surface area contributed by atoms with Gasteiger partial charge in [0.25, 0.3) is 0 Å². The summed E-state index contributed by atoms with van der Waals surface area (Å²) in [5, 5.41) is 9.43. The maximum absolute atomic E-state index is 9.43. The van der Waals surface area contributed by atoms with Crippen LogP contribution in [0.5, 0.6) is 5.75 Å². The van der Waals surface area contributed by atoms with Crippen LogP contribution in [0.2, 0.25) is 0 Å². The van der Waals surface area contributed by atoms with Crippen LogP contribution in [0.3, 0.4) is 0 Å². The Bertz CT molecular complexity index is 452. The van der Waals surface area contributed by atoms with Gasteiger partial charge in [0.1, 0.15) is 12.4 Å². The second-order valence-electron chi connectivity index (χ2n) is 4.66. The molecule has 0 bridgehead atoms. The number of benzene rings is 1. The smallest absolute Gasteiger partial charge is 0.217 e. The monoisotopic (exact) mass is 235 g/mol. The number of aliphatic hydroxyl groups excluding tert-OH is 1. The Morgan fingerprint density at radius 1 is 1.47 bits per heavy atom. The Hall–Kier alpha value is -1.55. The number of hydrogen-bond acceptors (Lipinski definition) is 4. The lowest BCUT2D eigenvalue weighted by atomic mass is 10.1. The summed E-state index contributed by atoms with van der Waals surface area (Å²) in [5.41, 5.74) is 1.31. The quantitative estimate of drug-likeness (QED) is 0.868. The normalized spacial score (nSPS) is 17.5. The molecule has 0 aliphatic carbocycles. The molecule has 0 radical (unpaired) electrons. The number of aliphatic hydroxyl groups is 1. The molecule has 0 aromatic heterocycles. The van der Waals surface area contributed by atoms with E-state index in [2.05, 4.69) is 4.99 Å². The fourth-order valence-electron chi connectivity index (χ4n) is 1.84. The van der Waals surface area contributed by atoms with Crippen LogP contribution in [0, 0.1) is 0 Å². The number of methoxy groups -OCH3 is 1. The Kier molecular flexibility index (Phi) is 3.07. The molecule has 0 amide bonds. The summed E-state index contributed by atoms with van der Waals surface area (Å²) in [7, 11) is 1.58. The Morgan fingerprint density at radius 2 is 2.24 bits per heavy atom. The topological polar surface area (TPSA) is 51.0 Å². The SMILES string of the molecule is COc1cccc(C2=NC(C)(C)CO2)c1CO. The van der Waals surface area contributed by atoms with Gasteiger partial charge < -0.3 is 14.6 Å². The van der Waals surface area contributed by atoms with Gasteiger partial charge in [0.2, 0.25) is 5.90 Å². The summed E-state index contributed by atoms with van der Waals surface area (Å²) in [5.74, 6) is 1.24. The van der Waals surface area contributed by atoms with E-state index in [4.69, 9.17) is 9.47 Å². The molecule has 0 atom stereocenters. The van der Waals surface area contributed by atoms with Crippen molar-refractivity contribution >= 4 is 5.90 Å². The first-order chi connectivity index (χ1) is 8.07. The van der Waals surface area contributed by atoms with Crippen molar-refractivity contribution in [1.82, 2.24) is 0 Å². The lowest BCUT2D eigenvalue weighted by Gasteiger charge is -2.11. The summed E-state index contributed by atoms with van der Waals surface area (Å²) in [4.78, 5) is 4.50. The van der Waals surface area contributed by atoms with Crippen molar-refractivity contribution in [1.29, 1.82) is 0 Å². The predicted molar refractivity (Wildman–Crippen MR) is 65.5 cm³/mol. The highest BCUT2D eigenvalue weighted by Gasteiger charge is 2.28. The maximum atomic E-state index is 9.43. The maximum Gasteiger partial charge on any atom is 0.217 e. The standard InChI is InChI=1S/C13H17NO3/c1-13(2)8-17-12(14-13)9-5-4-6-11(16-3)10(9)7-15/h4-6,15H,7-8H2,1-3H3. The van der Waals surface area contributed by atoms with E-state index in [0.29, 0.717) is 23.8 Å². The third-order valence-corrected chi connectivity index (χ3v) is 2.71. The molecule has 4 nitrogen and oxygen atoms in total. The summed E-state index contributed by atoms with van der Waals surface area (Å²) in [6.07, 6.45) is 0. The van der Waals surface area contributed by atoms with Crippen molar-refractivity contribution in [3.63, 3.8) is 0 Å². The molecule has 92 valence electrons. The molecule has 1 heterocycles. The number of ether oxygens (including phenoxy) is 2. The third-order valence-electron chi connectivity index (χ3n) is 2.71. The van der Waals surface area contributed by atoms with Gasteiger partial charge in [0.05, 0.1) is 19.3 Å². The van der Waals surface area contributed by atoms with Gasteiger partial charge >= 0.3 is 0 Å². The van der Waals surface area contributed by atoms with Crippen LogP contribution in [-0.4, -0.2) is 30.3 Å². The lowest BCUT2D eigenvalue weighted by molar-refractivity contribution is 0.268. The van der Waals surface area contributed by atoms with Gasteiger partial charge in [-0.15, -0.1) is 0 Å². The minimum absolute atomic E-state index is 0.0951. The number of rotatable bonds is 3. The molecular weight excluding hydrogens is 218 g/mol. The van der Waals surface area contributed by atoms with E-state index in [9.17, 15) is 5.11 Å². The van der Waals surface area contributed by atoms with Gasteiger partial charge in [0, 0.05) is 11.1 Å². The van der Waals surface area contributed by atoms with Crippen molar-refractivity contribution in [2.24, 2.45) is 4.99 Å². The van der Waals surface area contributed by atoms with E-state index < -0.39 is 0 Å². The highest BCUT2D eigenvalue weighted by atomic mass is 16.5. The average molecular weight is 235 g/mol. The molecule has 1 N–H and O–H groups in total. The second kappa shape index (κ2) is 4.37. The average Bonchev–Trinajstić information content (AvgIpc) is 2.68. The zero-order valence-electron chi connectivity index (χ0n) is 10.4. The van der Waals surface area contributed by atoms with Crippen LogP contribution in [0.4, 0.5) is 0 Å². The highest BCUT2D eigenvalue weighted by molar-refractivity contribution is 5.97. The minimum atomic E-state index is -0.203. The molecule has 2 rings (SSSR count). The number of nitrogens with zero attached hydrogens (tertiary/aromatic N) is 1. The van der Waals surface area contributed by atoms with Gasteiger partial charge in [-0.05, 0) is 26.0 Å². The van der Waals surface area contributed by atoms with Crippen molar-refractivity contribution in [2.75, 3.05) is 13.7 Å². The molecule has 0 unspecified atom stereocenters. The van der Waals surface area contributed by atoms with E-state index in [1.165, 1.54) is 0 Å². The predicted octanol–water partition coefficient (Wildman–Crippen LogP) is 1.74. The first-order valence-corrected chi connectivity index (χ1v) is 5.57. The molecule has 1 aromatic carbocycles. The van der Waals surface area contributed by atoms with Gasteiger partial charge in [-0.1, -0.05) is 6.07 Å². The van der Waals surface area contributed by atoms with E-state index in [1.54, 1.807) is 7.11 Å². The third kappa shape index (κ3) is 2.26. The molecule has 0 fully saturated rings. The van der Waals surface area contributed by atoms with Crippen LogP contribution in [0.25, 0.3) is 0 Å². The Balaban J connectivity index is 2.46. The molecule has 17 heavy (non-hydrogen) atoms. The Morgan fingerprint density at radius 3 is 2.76 bits per heavy atom. The molecule has 1 aliphatic rings. The van der Waals surface area contributed by atoms with Crippen LogP contribution < -0.4 is 4.74 Å². The van der Waals surface area contributed by atoms with Crippen LogP contribution in [0.15, 0.2) is 23.2 Å². The molecule has 0 saturated carbocycles. The molecular formula is C13H17NO3. The van der Waals surface area contributed by atoms with Crippen molar-refractivity contribution < 1.29 is 14.6 Å². The van der Waals surface area contributed by atoms with E-state index in [1.807, 2.05) is 32.0 Å². The first kappa shape index (κ1) is 11.9. The first-order valence-electron chi connectivity index (χ1n) is 5.57. The van der Waals surface area contributed by atoms with E-state index in [0.717, 1.165) is 5.56 Å². The van der Waals surface area contributed by atoms with Crippen molar-refractivity contribution in [3.05, 3.63) is 29.3 Å². The Labute approximate surface area is 101 Å². The fourth-order valence-corrected chi connectivity index (χ4v) is 1.84. The largest absolute Gasteiger partial charge is 0.496 e. The summed E-state index contributed by atoms with van der Waals surface area (Å²) < 4.78 is 10.8. The van der Waals surface area contributed by atoms with Gasteiger partial charge in [0.15, 0.2) is 0 Å². The minimum Gasteiger partial charge on any atom is -0.496 e. The zero-order chi connectivity index (χ0) is 12.5. The van der Waals surface area contributed by atoms with Crippen LogP contribution >= 0.6 is 0 Å². The molecule has 1 aromatic rings. The van der Waals surface area contributed by atoms with E-state index in [-0.39, 0.29) is 12.1 Å². The summed E-state index contributed by atoms with van der Waals surface area (Å²) >= 11 is 0. The molecule has 1 aliphatic heterocycles. The van der Waals surface area contributed by atoms with Crippen molar-refractivity contribution in [3.8, 4) is 5.75 Å². The second-order valence-corrected chi connectivity index (χ2v) is 4.66. The number of hydrogen-bond donors (Lipinski definition) is 1. The van der Waals surface area contributed by atoms with Gasteiger partial charge in [-0.25, -0.2) is 4.99 Å².